The van der Waals surface area contributed by atoms with Crippen molar-refractivity contribution in [1.82, 2.24) is 41.2 Å². The van der Waals surface area contributed by atoms with Crippen molar-refractivity contribution in [3.8, 4) is 0 Å². The topological polar surface area (TPSA) is 220 Å². The van der Waals surface area contributed by atoms with Gasteiger partial charge in [0, 0.05) is 19.5 Å². The summed E-state index contributed by atoms with van der Waals surface area (Å²) in [7, 11) is 0. The molecule has 1 saturated heterocycles. The highest BCUT2D eigenvalue weighted by atomic mass is 16.5. The van der Waals surface area contributed by atoms with Crippen molar-refractivity contribution in [3.63, 3.8) is 0 Å². The summed E-state index contributed by atoms with van der Waals surface area (Å²) in [4.78, 5) is 80.6. The average molecular weight is 688 g/mol. The lowest BCUT2D eigenvalue weighted by Gasteiger charge is -2.30. The van der Waals surface area contributed by atoms with Crippen molar-refractivity contribution in [2.45, 2.75) is 128 Å². The van der Waals surface area contributed by atoms with Crippen LogP contribution in [0.25, 0.3) is 0 Å². The molecular formula is C33H53N9O7. The number of hydrogen-bond acceptors (Lipinski definition) is 9. The van der Waals surface area contributed by atoms with Gasteiger partial charge in [-0.3, -0.25) is 28.8 Å². The first-order valence-corrected chi connectivity index (χ1v) is 17.7. The Morgan fingerprint density at radius 1 is 1.00 bits per heavy atom. The van der Waals surface area contributed by atoms with Crippen LogP contribution >= 0.6 is 0 Å². The minimum atomic E-state index is -1.22. The van der Waals surface area contributed by atoms with Crippen molar-refractivity contribution in [2.24, 2.45) is 17.6 Å². The van der Waals surface area contributed by atoms with Crippen molar-refractivity contribution >= 4 is 35.4 Å². The van der Waals surface area contributed by atoms with Gasteiger partial charge in [-0.15, -0.1) is 5.10 Å². The van der Waals surface area contributed by atoms with Crippen LogP contribution in [-0.4, -0.2) is 99.2 Å². The Balaban J connectivity index is 1.59. The number of aromatic nitrogens is 3. The molecule has 4 rings (SSSR count). The average Bonchev–Trinajstić information content (AvgIpc) is 3.74. The molecule has 16 nitrogen and oxygen atoms in total. The lowest BCUT2D eigenvalue weighted by molar-refractivity contribution is -0.140. The minimum Gasteiger partial charge on any atom is -0.372 e. The monoisotopic (exact) mass is 687 g/mol. The van der Waals surface area contributed by atoms with E-state index >= 15 is 0 Å². The molecule has 16 heteroatoms. The number of ether oxygens (including phenoxy) is 1. The number of hydrogen-bond donors (Lipinski definition) is 5. The second-order valence-electron chi connectivity index (χ2n) is 13.9. The summed E-state index contributed by atoms with van der Waals surface area (Å²) >= 11 is 0. The summed E-state index contributed by atoms with van der Waals surface area (Å²) in [5.41, 5.74) is 6.23. The van der Waals surface area contributed by atoms with E-state index in [0.717, 1.165) is 32.1 Å². The quantitative estimate of drug-likeness (QED) is 0.261. The molecule has 6 N–H and O–H groups in total. The number of carbonyl (C=O) groups is 6. The summed E-state index contributed by atoms with van der Waals surface area (Å²) in [6.07, 6.45) is 9.62. The first-order chi connectivity index (χ1) is 23.5. The molecule has 49 heavy (non-hydrogen) atoms. The fourth-order valence-corrected chi connectivity index (χ4v) is 6.81. The molecule has 6 amide bonds. The zero-order chi connectivity index (χ0) is 35.3. The number of fused-ring (bicyclic) bond motifs is 2. The Labute approximate surface area is 287 Å². The van der Waals surface area contributed by atoms with E-state index in [0.29, 0.717) is 57.3 Å². The second-order valence-corrected chi connectivity index (χ2v) is 13.9. The molecule has 1 saturated carbocycles. The molecule has 272 valence electrons. The lowest BCUT2D eigenvalue weighted by atomic mass is 9.84. The van der Waals surface area contributed by atoms with Crippen molar-refractivity contribution < 1.29 is 33.5 Å². The van der Waals surface area contributed by atoms with Crippen LogP contribution in [0.1, 0.15) is 96.6 Å². The summed E-state index contributed by atoms with van der Waals surface area (Å²) in [5, 5.41) is 19.1. The molecule has 0 bridgehead atoms. The van der Waals surface area contributed by atoms with Gasteiger partial charge >= 0.3 is 0 Å². The van der Waals surface area contributed by atoms with Crippen molar-refractivity contribution in [1.29, 1.82) is 0 Å². The lowest BCUT2D eigenvalue weighted by Crippen LogP contribution is -2.59. The molecule has 3 aliphatic rings. The number of rotatable bonds is 7. The van der Waals surface area contributed by atoms with E-state index in [1.165, 1.54) is 11.1 Å². The number of nitrogens with zero attached hydrogens (tertiary/aromatic N) is 4. The molecule has 3 heterocycles. The van der Waals surface area contributed by atoms with Gasteiger partial charge in [0.1, 0.15) is 24.2 Å². The third kappa shape index (κ3) is 11.5. The van der Waals surface area contributed by atoms with Gasteiger partial charge < -0.3 is 36.6 Å². The fraction of sp³-hybridized carbons (Fsp3) is 0.758. The van der Waals surface area contributed by atoms with Crippen LogP contribution in [0.2, 0.25) is 0 Å². The van der Waals surface area contributed by atoms with Gasteiger partial charge in [0.25, 0.3) is 0 Å². The van der Waals surface area contributed by atoms with E-state index < -0.39 is 47.8 Å². The Hall–Kier alpha value is -4.08. The summed E-state index contributed by atoms with van der Waals surface area (Å²) < 4.78 is 7.57. The molecule has 4 atom stereocenters. The van der Waals surface area contributed by atoms with E-state index in [-0.39, 0.29) is 49.8 Å². The number of aryl methyl sites for hydroxylation is 1. The maximum Gasteiger partial charge on any atom is 0.245 e. The third-order valence-electron chi connectivity index (χ3n) is 9.50. The standard InChI is InChI=1S/C33H53N9O7/c1-21(2)15-24(30(34)45)37-32(47)26-20-49-19-23-17-36-40-42(23)14-7-6-12-28(43)35-18-29(44)41-13-8-11-27(41)33(48)38-25(31(46)39-26)16-22-9-4-3-5-10-22/h17,21-22,24-27H,3-16,18-20H2,1-2H3,(H2,34,45)(H,35,43)(H,37,47)(H,38,48)(H,39,46)/t24-,25-,26-,27-/m0/s1. The predicted octanol–water partition coefficient (Wildman–Crippen LogP) is 0.0420. The molecule has 0 unspecified atom stereocenters. The SMILES string of the molecule is CC(C)C[C@H](NC(=O)[C@@H]1COCc2cnnn2CCCCC(=O)NCC(=O)N2CCC[C@H]2C(=O)N[C@@H](CC2CCCCC2)C(=O)N1)C(N)=O. The smallest absolute Gasteiger partial charge is 0.245 e. The van der Waals surface area contributed by atoms with Gasteiger partial charge in [-0.2, -0.15) is 0 Å². The Morgan fingerprint density at radius 2 is 1.78 bits per heavy atom. The van der Waals surface area contributed by atoms with Crippen LogP contribution in [0.4, 0.5) is 0 Å². The Morgan fingerprint density at radius 3 is 2.51 bits per heavy atom. The molecule has 1 aliphatic carbocycles. The van der Waals surface area contributed by atoms with Crippen LogP contribution in [0.5, 0.6) is 0 Å². The summed E-state index contributed by atoms with van der Waals surface area (Å²) in [5.74, 6) is -2.73. The van der Waals surface area contributed by atoms with Gasteiger partial charge in [-0.25, -0.2) is 4.68 Å². The molecule has 0 radical (unpaired) electrons. The van der Waals surface area contributed by atoms with Gasteiger partial charge in [-0.05, 0) is 50.4 Å². The number of nitrogens with two attached hydrogens (primary N) is 1. The molecule has 2 aliphatic heterocycles. The largest absolute Gasteiger partial charge is 0.372 e. The van der Waals surface area contributed by atoms with Crippen molar-refractivity contribution in [3.05, 3.63) is 11.9 Å². The van der Waals surface area contributed by atoms with E-state index in [2.05, 4.69) is 31.6 Å². The van der Waals surface area contributed by atoms with Crippen LogP contribution in [0.3, 0.4) is 0 Å². The minimum absolute atomic E-state index is 0.0280. The zero-order valence-electron chi connectivity index (χ0n) is 28.8. The Kier molecular flexibility index (Phi) is 14.3. The number of primary amides is 1. The van der Waals surface area contributed by atoms with E-state index in [9.17, 15) is 28.8 Å². The van der Waals surface area contributed by atoms with Crippen molar-refractivity contribution in [2.75, 3.05) is 19.7 Å². The van der Waals surface area contributed by atoms with E-state index in [1.54, 1.807) is 4.68 Å². The molecule has 0 aromatic carbocycles. The van der Waals surface area contributed by atoms with Gasteiger partial charge in [0.05, 0.1) is 31.6 Å². The van der Waals surface area contributed by atoms with E-state index in [1.807, 2.05) is 13.8 Å². The molecule has 1 aromatic rings. The number of amides is 6. The third-order valence-corrected chi connectivity index (χ3v) is 9.50. The highest BCUT2D eigenvalue weighted by Crippen LogP contribution is 2.28. The molecule has 1 aromatic heterocycles. The van der Waals surface area contributed by atoms with Crippen LogP contribution in [-0.2, 0) is 46.7 Å². The Bertz CT molecular complexity index is 1310. The second kappa shape index (κ2) is 18.6. The summed E-state index contributed by atoms with van der Waals surface area (Å²) in [6, 6.07) is -3.94. The highest BCUT2D eigenvalue weighted by Gasteiger charge is 2.37. The van der Waals surface area contributed by atoms with E-state index in [4.69, 9.17) is 10.5 Å². The zero-order valence-corrected chi connectivity index (χ0v) is 28.8. The van der Waals surface area contributed by atoms with Gasteiger partial charge in [0.15, 0.2) is 0 Å². The first-order valence-electron chi connectivity index (χ1n) is 17.7. The molecule has 0 spiro atoms. The summed E-state index contributed by atoms with van der Waals surface area (Å²) in [6.45, 7) is 4.19. The molecular weight excluding hydrogens is 634 g/mol. The normalized spacial score (nSPS) is 24.9. The highest BCUT2D eigenvalue weighted by molar-refractivity contribution is 5.96. The predicted molar refractivity (Wildman–Crippen MR) is 177 cm³/mol. The van der Waals surface area contributed by atoms with Crippen LogP contribution in [0.15, 0.2) is 6.20 Å². The van der Waals surface area contributed by atoms with Crippen LogP contribution < -0.4 is 27.0 Å². The molecule has 2 fully saturated rings. The number of carbonyl (C=O) groups excluding carboxylic acids is 6. The van der Waals surface area contributed by atoms with Gasteiger partial charge in [0.2, 0.25) is 35.4 Å². The number of nitrogens with one attached hydrogen (secondary N) is 4. The maximum absolute atomic E-state index is 14.0. The maximum atomic E-state index is 14.0. The van der Waals surface area contributed by atoms with Crippen LogP contribution in [0, 0.1) is 11.8 Å². The van der Waals surface area contributed by atoms with Gasteiger partial charge in [-0.1, -0.05) is 51.2 Å². The fourth-order valence-electron chi connectivity index (χ4n) is 6.81. The first kappa shape index (κ1) is 37.7.